The molecule has 144 valence electrons. The molecule has 0 atom stereocenters. The molecule has 3 N–H and O–H groups in total. The van der Waals surface area contributed by atoms with Crippen molar-refractivity contribution in [2.24, 2.45) is 0 Å². The fourth-order valence-electron chi connectivity index (χ4n) is 2.56. The molecule has 2 aromatic carbocycles. The zero-order valence-corrected chi connectivity index (χ0v) is 16.1. The molecule has 1 amide bonds. The maximum Gasteiger partial charge on any atom is 0.229 e. The highest BCUT2D eigenvalue weighted by Gasteiger charge is 2.07. The number of benzene rings is 2. The highest BCUT2D eigenvalue weighted by Crippen LogP contribution is 2.27. The summed E-state index contributed by atoms with van der Waals surface area (Å²) in [7, 11) is 0. The van der Waals surface area contributed by atoms with Crippen LogP contribution in [-0.4, -0.2) is 22.0 Å². The molecule has 0 unspecified atom stereocenters. The molecule has 7 nitrogen and oxygen atoms in total. The molecule has 0 aliphatic heterocycles. The van der Waals surface area contributed by atoms with Crippen molar-refractivity contribution in [2.75, 3.05) is 16.0 Å². The number of para-hydroxylation sites is 2. The third-order valence-corrected chi connectivity index (χ3v) is 3.61. The number of carbonyl (C=O) groups excluding carboxylic acids is 1. The molecule has 1 aromatic heterocycles. The van der Waals surface area contributed by atoms with E-state index in [-0.39, 0.29) is 12.0 Å². The summed E-state index contributed by atoms with van der Waals surface area (Å²) in [4.78, 5) is 20.0. The maximum atomic E-state index is 11.2. The molecule has 7 heteroatoms. The maximum absolute atomic E-state index is 11.2. The van der Waals surface area contributed by atoms with E-state index in [0.717, 1.165) is 17.1 Å². The zero-order valence-electron chi connectivity index (χ0n) is 16.1. The highest BCUT2D eigenvalue weighted by atomic mass is 16.5. The lowest BCUT2D eigenvalue weighted by Crippen LogP contribution is -2.08. The minimum atomic E-state index is -0.118. The first-order valence-corrected chi connectivity index (χ1v) is 9.00. The van der Waals surface area contributed by atoms with Gasteiger partial charge in [0.15, 0.2) is 0 Å². The van der Waals surface area contributed by atoms with Gasteiger partial charge in [0.1, 0.15) is 11.6 Å². The predicted octanol–water partition coefficient (Wildman–Crippen LogP) is 4.71. The number of carbonyl (C=O) groups is 1. The first-order chi connectivity index (χ1) is 13.5. The van der Waals surface area contributed by atoms with Crippen LogP contribution in [0.25, 0.3) is 0 Å². The monoisotopic (exact) mass is 377 g/mol. The Labute approximate surface area is 164 Å². The van der Waals surface area contributed by atoms with Crippen LogP contribution in [0.4, 0.5) is 28.8 Å². The van der Waals surface area contributed by atoms with Crippen LogP contribution < -0.4 is 20.7 Å². The Kier molecular flexibility index (Phi) is 6.06. The average Bonchev–Trinajstić information content (AvgIpc) is 2.63. The molecular weight excluding hydrogens is 354 g/mol. The number of anilines is 5. The van der Waals surface area contributed by atoms with E-state index in [1.165, 1.54) is 6.92 Å². The van der Waals surface area contributed by atoms with Crippen molar-refractivity contribution < 1.29 is 9.53 Å². The van der Waals surface area contributed by atoms with Crippen LogP contribution in [0.5, 0.6) is 5.75 Å². The molecule has 0 bridgehead atoms. The van der Waals surface area contributed by atoms with Gasteiger partial charge in [0, 0.05) is 24.5 Å². The summed E-state index contributed by atoms with van der Waals surface area (Å²) in [6, 6.07) is 16.8. The van der Waals surface area contributed by atoms with E-state index in [2.05, 4.69) is 25.9 Å². The lowest BCUT2D eigenvalue weighted by molar-refractivity contribution is -0.114. The molecule has 0 aliphatic rings. The molecule has 0 fully saturated rings. The number of nitrogens with one attached hydrogen (secondary N) is 3. The normalized spacial score (nSPS) is 10.4. The van der Waals surface area contributed by atoms with Crippen molar-refractivity contribution in [3.8, 4) is 5.75 Å². The summed E-state index contributed by atoms with van der Waals surface area (Å²) in [5.74, 6) is 1.69. The Hall–Kier alpha value is -3.61. The van der Waals surface area contributed by atoms with Gasteiger partial charge in [0.05, 0.1) is 11.8 Å². The van der Waals surface area contributed by atoms with Crippen molar-refractivity contribution >= 4 is 34.7 Å². The van der Waals surface area contributed by atoms with Crippen molar-refractivity contribution in [2.45, 2.75) is 26.9 Å². The Morgan fingerprint density at radius 3 is 2.57 bits per heavy atom. The van der Waals surface area contributed by atoms with E-state index in [1.54, 1.807) is 12.3 Å². The van der Waals surface area contributed by atoms with Crippen LogP contribution in [0.1, 0.15) is 20.8 Å². The van der Waals surface area contributed by atoms with E-state index in [1.807, 2.05) is 62.4 Å². The van der Waals surface area contributed by atoms with Crippen LogP contribution in [-0.2, 0) is 4.79 Å². The molecule has 3 rings (SSSR count). The second kappa shape index (κ2) is 8.85. The van der Waals surface area contributed by atoms with Crippen LogP contribution >= 0.6 is 0 Å². The summed E-state index contributed by atoms with van der Waals surface area (Å²) in [5.41, 5.74) is 2.31. The van der Waals surface area contributed by atoms with Gasteiger partial charge >= 0.3 is 0 Å². The van der Waals surface area contributed by atoms with Gasteiger partial charge in [0.2, 0.25) is 11.9 Å². The SMILES string of the molecule is CC(=O)Nc1cccc(Nc2ccnc(Nc3ccccc3OC(C)C)n2)c1. The van der Waals surface area contributed by atoms with Gasteiger partial charge in [-0.05, 0) is 50.2 Å². The quantitative estimate of drug-likeness (QED) is 0.553. The van der Waals surface area contributed by atoms with Crippen LogP contribution in [0.2, 0.25) is 0 Å². The Morgan fingerprint density at radius 2 is 1.79 bits per heavy atom. The molecule has 0 saturated heterocycles. The summed E-state index contributed by atoms with van der Waals surface area (Å²) >= 11 is 0. The third-order valence-electron chi connectivity index (χ3n) is 3.61. The Bertz CT molecular complexity index is 959. The highest BCUT2D eigenvalue weighted by molar-refractivity contribution is 5.89. The van der Waals surface area contributed by atoms with Crippen molar-refractivity contribution in [1.82, 2.24) is 9.97 Å². The van der Waals surface area contributed by atoms with Gasteiger partial charge in [-0.2, -0.15) is 4.98 Å². The summed E-state index contributed by atoms with van der Waals surface area (Å²) in [6.07, 6.45) is 1.73. The van der Waals surface area contributed by atoms with Gasteiger partial charge in [-0.15, -0.1) is 0 Å². The minimum absolute atomic E-state index is 0.0627. The van der Waals surface area contributed by atoms with E-state index in [0.29, 0.717) is 17.5 Å². The standard InChI is InChI=1S/C21H23N5O2/c1-14(2)28-19-10-5-4-9-18(19)25-21-22-12-11-20(26-21)24-17-8-6-7-16(13-17)23-15(3)27/h4-14H,1-3H3,(H,23,27)(H2,22,24,25,26). The number of aromatic nitrogens is 2. The van der Waals surface area contributed by atoms with Crippen LogP contribution in [0, 0.1) is 0 Å². The van der Waals surface area contributed by atoms with Crippen LogP contribution in [0.3, 0.4) is 0 Å². The van der Waals surface area contributed by atoms with E-state index < -0.39 is 0 Å². The molecule has 1 heterocycles. The molecule has 0 spiro atoms. The van der Waals surface area contributed by atoms with E-state index >= 15 is 0 Å². The predicted molar refractivity (Wildman–Crippen MR) is 112 cm³/mol. The molecular formula is C21H23N5O2. The van der Waals surface area contributed by atoms with Crippen molar-refractivity contribution in [1.29, 1.82) is 0 Å². The van der Waals surface area contributed by atoms with Crippen molar-refractivity contribution in [3.63, 3.8) is 0 Å². The molecule has 0 radical (unpaired) electrons. The number of hydrogen-bond donors (Lipinski definition) is 3. The Morgan fingerprint density at radius 1 is 1.00 bits per heavy atom. The number of ether oxygens (including phenoxy) is 1. The molecule has 0 saturated carbocycles. The summed E-state index contributed by atoms with van der Waals surface area (Å²) in [6.45, 7) is 5.43. The van der Waals surface area contributed by atoms with E-state index in [9.17, 15) is 4.79 Å². The summed E-state index contributed by atoms with van der Waals surface area (Å²) < 4.78 is 5.82. The number of amides is 1. The first-order valence-electron chi connectivity index (χ1n) is 9.00. The van der Waals surface area contributed by atoms with Crippen LogP contribution in [0.15, 0.2) is 60.8 Å². The lowest BCUT2D eigenvalue weighted by atomic mass is 10.2. The number of hydrogen-bond acceptors (Lipinski definition) is 6. The minimum Gasteiger partial charge on any atom is -0.489 e. The average molecular weight is 377 g/mol. The second-order valence-corrected chi connectivity index (χ2v) is 6.44. The van der Waals surface area contributed by atoms with Gasteiger partial charge in [-0.1, -0.05) is 18.2 Å². The number of nitrogens with zero attached hydrogens (tertiary/aromatic N) is 2. The van der Waals surface area contributed by atoms with E-state index in [4.69, 9.17) is 4.74 Å². The van der Waals surface area contributed by atoms with Crippen molar-refractivity contribution in [3.05, 3.63) is 60.8 Å². The van der Waals surface area contributed by atoms with Gasteiger partial charge in [-0.3, -0.25) is 4.79 Å². The second-order valence-electron chi connectivity index (χ2n) is 6.44. The largest absolute Gasteiger partial charge is 0.489 e. The van der Waals surface area contributed by atoms with Gasteiger partial charge < -0.3 is 20.7 Å². The van der Waals surface area contributed by atoms with Gasteiger partial charge in [0.25, 0.3) is 0 Å². The molecule has 3 aromatic rings. The fraction of sp³-hybridized carbons (Fsp3) is 0.190. The topological polar surface area (TPSA) is 88.2 Å². The lowest BCUT2D eigenvalue weighted by Gasteiger charge is -2.15. The smallest absolute Gasteiger partial charge is 0.229 e. The molecule has 28 heavy (non-hydrogen) atoms. The first kappa shape index (κ1) is 19.2. The Balaban J connectivity index is 1.76. The number of rotatable bonds is 7. The zero-order chi connectivity index (χ0) is 19.9. The fourth-order valence-corrected chi connectivity index (χ4v) is 2.56. The molecule has 0 aliphatic carbocycles. The summed E-state index contributed by atoms with van der Waals surface area (Å²) in [5, 5.41) is 9.17. The third kappa shape index (κ3) is 5.44. The van der Waals surface area contributed by atoms with Gasteiger partial charge in [-0.25, -0.2) is 4.98 Å².